The Morgan fingerprint density at radius 2 is 1.71 bits per heavy atom. The number of hydrogen-bond acceptors (Lipinski definition) is 5. The molecule has 0 bridgehead atoms. The number of non-ortho nitro benzene ring substituents is 1. The minimum absolute atomic E-state index is 0.0379. The lowest BCUT2D eigenvalue weighted by Gasteiger charge is -2.18. The summed E-state index contributed by atoms with van der Waals surface area (Å²) >= 11 is 0. The number of carbonyl (C=O) groups excluding carboxylic acids is 1. The Balaban J connectivity index is 1.51. The highest BCUT2D eigenvalue weighted by Gasteiger charge is 2.36. The first-order valence-electron chi connectivity index (χ1n) is 8.42. The van der Waals surface area contributed by atoms with E-state index in [0.717, 1.165) is 9.69 Å². The van der Waals surface area contributed by atoms with Gasteiger partial charge in [-0.25, -0.2) is 8.42 Å². The minimum atomic E-state index is -3.79. The number of nitrogens with one attached hydrogen (secondary N) is 1. The number of carbonyl (C=O) groups is 1. The molecule has 0 unspecified atom stereocenters. The number of anilines is 1. The highest BCUT2D eigenvalue weighted by Crippen LogP contribution is 2.41. The maximum absolute atomic E-state index is 12.9. The SMILES string of the molecule is O=C(CN1c2cccc3cccc(c23)S1(=O)=O)NCc1ccc([N+](=O)[O-])cc1. The summed E-state index contributed by atoms with van der Waals surface area (Å²) in [6.45, 7) is -0.203. The largest absolute Gasteiger partial charge is 0.350 e. The first-order chi connectivity index (χ1) is 13.4. The number of rotatable bonds is 5. The highest BCUT2D eigenvalue weighted by atomic mass is 32.2. The van der Waals surface area contributed by atoms with Crippen molar-refractivity contribution in [1.29, 1.82) is 0 Å². The number of nitro groups is 1. The van der Waals surface area contributed by atoms with Gasteiger partial charge in [0, 0.05) is 24.1 Å². The number of benzene rings is 3. The molecular weight excluding hydrogens is 382 g/mol. The van der Waals surface area contributed by atoms with Crippen LogP contribution in [0.3, 0.4) is 0 Å². The first kappa shape index (κ1) is 17.9. The van der Waals surface area contributed by atoms with Crippen molar-refractivity contribution >= 4 is 38.1 Å². The summed E-state index contributed by atoms with van der Waals surface area (Å²) in [5.74, 6) is -0.466. The Hall–Kier alpha value is -3.46. The van der Waals surface area contributed by atoms with Crippen molar-refractivity contribution in [3.63, 3.8) is 0 Å². The molecule has 28 heavy (non-hydrogen) atoms. The van der Waals surface area contributed by atoms with Gasteiger partial charge in [0.15, 0.2) is 0 Å². The van der Waals surface area contributed by atoms with Gasteiger partial charge < -0.3 is 5.32 Å². The van der Waals surface area contributed by atoms with E-state index in [1.54, 1.807) is 30.3 Å². The summed E-state index contributed by atoms with van der Waals surface area (Å²) in [5, 5.41) is 14.8. The lowest BCUT2D eigenvalue weighted by atomic mass is 10.1. The molecule has 0 aromatic heterocycles. The summed E-state index contributed by atoms with van der Waals surface area (Å²) in [4.78, 5) is 22.8. The van der Waals surface area contributed by atoms with E-state index >= 15 is 0 Å². The zero-order valence-electron chi connectivity index (χ0n) is 14.5. The molecule has 3 aromatic carbocycles. The van der Waals surface area contributed by atoms with Crippen LogP contribution in [-0.4, -0.2) is 25.8 Å². The van der Waals surface area contributed by atoms with E-state index in [4.69, 9.17) is 0 Å². The molecule has 4 rings (SSSR count). The molecule has 0 atom stereocenters. The second kappa shape index (κ2) is 6.61. The fourth-order valence-electron chi connectivity index (χ4n) is 3.25. The average Bonchev–Trinajstić information content (AvgIpc) is 2.90. The van der Waals surface area contributed by atoms with Gasteiger partial charge in [-0.2, -0.15) is 0 Å². The van der Waals surface area contributed by atoms with E-state index in [9.17, 15) is 23.3 Å². The topological polar surface area (TPSA) is 110 Å². The van der Waals surface area contributed by atoms with Crippen LogP contribution in [0.5, 0.6) is 0 Å². The predicted molar refractivity (Wildman–Crippen MR) is 103 cm³/mol. The summed E-state index contributed by atoms with van der Waals surface area (Å²) < 4.78 is 26.8. The third-order valence-corrected chi connectivity index (χ3v) is 6.41. The second-order valence-electron chi connectivity index (χ2n) is 6.34. The smallest absolute Gasteiger partial charge is 0.269 e. The minimum Gasteiger partial charge on any atom is -0.350 e. The lowest BCUT2D eigenvalue weighted by molar-refractivity contribution is -0.384. The van der Waals surface area contributed by atoms with Gasteiger partial charge in [-0.3, -0.25) is 19.2 Å². The molecule has 0 saturated carbocycles. The van der Waals surface area contributed by atoms with Crippen molar-refractivity contribution in [2.24, 2.45) is 0 Å². The Morgan fingerprint density at radius 1 is 1.04 bits per heavy atom. The Bertz CT molecular complexity index is 1200. The zero-order valence-corrected chi connectivity index (χ0v) is 15.3. The molecule has 0 aliphatic carbocycles. The van der Waals surface area contributed by atoms with Crippen LogP contribution in [0.25, 0.3) is 10.8 Å². The van der Waals surface area contributed by atoms with Gasteiger partial charge in [0.05, 0.1) is 15.5 Å². The van der Waals surface area contributed by atoms with Crippen LogP contribution >= 0.6 is 0 Å². The molecule has 1 amide bonds. The van der Waals surface area contributed by atoms with Crippen molar-refractivity contribution in [2.45, 2.75) is 11.4 Å². The molecule has 0 radical (unpaired) electrons. The van der Waals surface area contributed by atoms with Crippen molar-refractivity contribution in [3.8, 4) is 0 Å². The molecule has 3 aromatic rings. The van der Waals surface area contributed by atoms with Crippen LogP contribution in [0.15, 0.2) is 65.6 Å². The summed E-state index contributed by atoms with van der Waals surface area (Å²) in [6.07, 6.45) is 0. The van der Waals surface area contributed by atoms with E-state index in [2.05, 4.69) is 5.32 Å². The highest BCUT2D eigenvalue weighted by molar-refractivity contribution is 7.93. The Kier molecular flexibility index (Phi) is 4.23. The van der Waals surface area contributed by atoms with E-state index in [1.165, 1.54) is 18.2 Å². The van der Waals surface area contributed by atoms with Crippen LogP contribution in [0.4, 0.5) is 11.4 Å². The molecule has 142 valence electrons. The van der Waals surface area contributed by atoms with Gasteiger partial charge in [0.2, 0.25) is 5.91 Å². The number of nitro benzene ring substituents is 1. The van der Waals surface area contributed by atoms with Gasteiger partial charge in [0.1, 0.15) is 6.54 Å². The number of amides is 1. The van der Waals surface area contributed by atoms with E-state index in [0.29, 0.717) is 16.6 Å². The van der Waals surface area contributed by atoms with Gasteiger partial charge in [0.25, 0.3) is 15.7 Å². The summed E-state index contributed by atoms with van der Waals surface area (Å²) in [6, 6.07) is 16.1. The van der Waals surface area contributed by atoms with Gasteiger partial charge in [-0.15, -0.1) is 0 Å². The zero-order chi connectivity index (χ0) is 19.9. The molecule has 1 aliphatic heterocycles. The molecule has 0 spiro atoms. The second-order valence-corrected chi connectivity index (χ2v) is 8.17. The van der Waals surface area contributed by atoms with Crippen molar-refractivity contribution < 1.29 is 18.1 Å². The monoisotopic (exact) mass is 397 g/mol. The Labute approximate surface area is 160 Å². The molecule has 0 saturated heterocycles. The third-order valence-electron chi connectivity index (χ3n) is 4.61. The Morgan fingerprint density at radius 3 is 2.39 bits per heavy atom. The quantitative estimate of drug-likeness (QED) is 0.526. The number of hydrogen-bond donors (Lipinski definition) is 1. The van der Waals surface area contributed by atoms with Crippen LogP contribution in [0.2, 0.25) is 0 Å². The summed E-state index contributed by atoms with van der Waals surface area (Å²) in [7, 11) is -3.79. The van der Waals surface area contributed by atoms with Crippen LogP contribution in [0.1, 0.15) is 5.56 Å². The summed E-state index contributed by atoms with van der Waals surface area (Å²) in [5.41, 5.74) is 1.12. The molecule has 8 nitrogen and oxygen atoms in total. The van der Waals surface area contributed by atoms with Crippen molar-refractivity contribution in [1.82, 2.24) is 5.32 Å². The third kappa shape index (κ3) is 2.95. The number of nitrogens with zero attached hydrogens (tertiary/aromatic N) is 2. The van der Waals surface area contributed by atoms with Gasteiger partial charge >= 0.3 is 0 Å². The molecular formula is C19H15N3O5S. The standard InChI is InChI=1S/C19H15N3O5S/c23-18(20-11-13-7-9-15(10-8-13)22(24)25)12-21-16-5-1-3-14-4-2-6-17(19(14)16)28(21,26)27/h1-10H,11-12H2,(H,20,23). The molecule has 1 N–H and O–H groups in total. The van der Waals surface area contributed by atoms with Gasteiger partial charge in [-0.1, -0.05) is 36.4 Å². The molecule has 9 heteroatoms. The van der Waals surface area contributed by atoms with Crippen molar-refractivity contribution in [3.05, 3.63) is 76.3 Å². The molecule has 0 fully saturated rings. The van der Waals surface area contributed by atoms with E-state index in [-0.39, 0.29) is 23.7 Å². The maximum Gasteiger partial charge on any atom is 0.269 e. The maximum atomic E-state index is 12.9. The fraction of sp³-hybridized carbons (Fsp3) is 0.105. The molecule has 1 aliphatic rings. The van der Waals surface area contributed by atoms with Crippen LogP contribution in [0, 0.1) is 10.1 Å². The number of sulfonamides is 1. The lowest BCUT2D eigenvalue weighted by Crippen LogP contribution is -2.38. The van der Waals surface area contributed by atoms with E-state index in [1.807, 2.05) is 12.1 Å². The molecule has 1 heterocycles. The normalized spacial score (nSPS) is 14.2. The fourth-order valence-corrected chi connectivity index (χ4v) is 4.92. The van der Waals surface area contributed by atoms with Crippen LogP contribution < -0.4 is 9.62 Å². The average molecular weight is 397 g/mol. The van der Waals surface area contributed by atoms with Crippen LogP contribution in [-0.2, 0) is 21.4 Å². The van der Waals surface area contributed by atoms with Gasteiger partial charge in [-0.05, 0) is 23.1 Å². The van der Waals surface area contributed by atoms with Crippen molar-refractivity contribution in [2.75, 3.05) is 10.8 Å². The van der Waals surface area contributed by atoms with E-state index < -0.39 is 20.9 Å². The predicted octanol–water partition coefficient (Wildman–Crippen LogP) is 2.57. The first-order valence-corrected chi connectivity index (χ1v) is 9.86.